The summed E-state index contributed by atoms with van der Waals surface area (Å²) in [6, 6.07) is 8.61. The first kappa shape index (κ1) is 12.1. The van der Waals surface area contributed by atoms with E-state index in [4.69, 9.17) is 5.84 Å². The molecule has 1 atom stereocenters. The fourth-order valence-electron chi connectivity index (χ4n) is 2.27. The van der Waals surface area contributed by atoms with Crippen LogP contribution in [0.1, 0.15) is 25.5 Å². The van der Waals surface area contributed by atoms with Crippen LogP contribution in [0.4, 0.5) is 0 Å². The van der Waals surface area contributed by atoms with Crippen molar-refractivity contribution < 1.29 is 0 Å². The Kier molecular flexibility index (Phi) is 3.76. The van der Waals surface area contributed by atoms with Crippen molar-refractivity contribution in [2.24, 2.45) is 12.9 Å². The predicted molar refractivity (Wildman–Crippen MR) is 70.4 cm³/mol. The zero-order chi connectivity index (χ0) is 12.3. The van der Waals surface area contributed by atoms with Gasteiger partial charge in [-0.05, 0) is 12.5 Å². The maximum atomic E-state index is 5.57. The van der Waals surface area contributed by atoms with Gasteiger partial charge in [0.25, 0.3) is 0 Å². The van der Waals surface area contributed by atoms with E-state index >= 15 is 0 Å². The molecule has 1 aromatic heterocycles. The Hall–Kier alpha value is -1.39. The smallest absolute Gasteiger partial charge is 0.0719 e. The lowest BCUT2D eigenvalue weighted by molar-refractivity contribution is 0.481. The second-order valence-electron chi connectivity index (χ2n) is 4.44. The van der Waals surface area contributed by atoms with Gasteiger partial charge in [-0.25, -0.2) is 0 Å². The number of benzene rings is 1. The van der Waals surface area contributed by atoms with Gasteiger partial charge in [0.05, 0.1) is 11.2 Å². The van der Waals surface area contributed by atoms with E-state index in [1.807, 2.05) is 17.8 Å². The maximum absolute atomic E-state index is 5.57. The van der Waals surface area contributed by atoms with Crippen LogP contribution in [0.2, 0.25) is 0 Å². The summed E-state index contributed by atoms with van der Waals surface area (Å²) in [5, 5.41) is 5.81. The maximum Gasteiger partial charge on any atom is 0.0719 e. The van der Waals surface area contributed by atoms with Gasteiger partial charge < -0.3 is 0 Å². The van der Waals surface area contributed by atoms with Crippen molar-refractivity contribution >= 4 is 10.9 Å². The number of aryl methyl sites for hydroxylation is 1. The Labute approximate surface area is 102 Å². The van der Waals surface area contributed by atoms with Crippen molar-refractivity contribution in [1.82, 2.24) is 15.2 Å². The van der Waals surface area contributed by atoms with Crippen LogP contribution in [-0.2, 0) is 13.5 Å². The summed E-state index contributed by atoms with van der Waals surface area (Å²) in [5.41, 5.74) is 5.18. The number of hydrogen-bond donors (Lipinski definition) is 2. The molecule has 0 amide bonds. The van der Waals surface area contributed by atoms with Gasteiger partial charge in [0, 0.05) is 24.9 Å². The van der Waals surface area contributed by atoms with Gasteiger partial charge in [-0.2, -0.15) is 5.10 Å². The van der Waals surface area contributed by atoms with Gasteiger partial charge in [0.15, 0.2) is 0 Å². The highest BCUT2D eigenvalue weighted by atomic mass is 15.3. The molecule has 0 saturated heterocycles. The van der Waals surface area contributed by atoms with Gasteiger partial charge in [0.1, 0.15) is 0 Å². The molecule has 4 nitrogen and oxygen atoms in total. The normalized spacial score (nSPS) is 13.1. The molecule has 0 aliphatic rings. The monoisotopic (exact) mass is 232 g/mol. The Morgan fingerprint density at radius 1 is 1.41 bits per heavy atom. The largest absolute Gasteiger partial charge is 0.271 e. The van der Waals surface area contributed by atoms with E-state index in [2.05, 4.69) is 35.6 Å². The number of nitrogens with zero attached hydrogens (tertiary/aromatic N) is 2. The highest BCUT2D eigenvalue weighted by molar-refractivity contribution is 5.81. The van der Waals surface area contributed by atoms with Crippen molar-refractivity contribution in [3.05, 3.63) is 30.0 Å². The molecule has 0 aliphatic carbocycles. The van der Waals surface area contributed by atoms with Gasteiger partial charge in [-0.1, -0.05) is 31.5 Å². The van der Waals surface area contributed by atoms with Crippen LogP contribution in [0.25, 0.3) is 10.9 Å². The minimum atomic E-state index is 0.304. The molecule has 92 valence electrons. The van der Waals surface area contributed by atoms with E-state index in [0.717, 1.165) is 25.0 Å². The Bertz CT molecular complexity index is 489. The molecule has 0 spiro atoms. The molecule has 0 aliphatic heterocycles. The fraction of sp³-hybridized carbons (Fsp3) is 0.462. The SMILES string of the molecule is CCCC(Cc1nn(C)c2ccccc12)NN. The Balaban J connectivity index is 2.29. The molecule has 1 heterocycles. The highest BCUT2D eigenvalue weighted by Crippen LogP contribution is 2.19. The second-order valence-corrected chi connectivity index (χ2v) is 4.44. The molecule has 1 aromatic carbocycles. The number of fused-ring (bicyclic) bond motifs is 1. The summed E-state index contributed by atoms with van der Waals surface area (Å²) < 4.78 is 1.93. The number of nitrogens with one attached hydrogen (secondary N) is 1. The van der Waals surface area contributed by atoms with E-state index in [1.54, 1.807) is 0 Å². The third-order valence-electron chi connectivity index (χ3n) is 3.15. The van der Waals surface area contributed by atoms with Crippen molar-refractivity contribution in [3.63, 3.8) is 0 Å². The first-order valence-corrected chi connectivity index (χ1v) is 6.13. The third-order valence-corrected chi connectivity index (χ3v) is 3.15. The first-order chi connectivity index (χ1) is 8.26. The summed E-state index contributed by atoms with van der Waals surface area (Å²) in [7, 11) is 1.98. The third kappa shape index (κ3) is 2.48. The molecule has 0 radical (unpaired) electrons. The number of nitrogens with two attached hydrogens (primary N) is 1. The molecule has 2 aromatic rings. The van der Waals surface area contributed by atoms with Crippen LogP contribution in [-0.4, -0.2) is 15.8 Å². The molecule has 1 unspecified atom stereocenters. The van der Waals surface area contributed by atoms with Crippen LogP contribution >= 0.6 is 0 Å². The summed E-state index contributed by atoms with van der Waals surface area (Å²) in [6.07, 6.45) is 3.08. The van der Waals surface area contributed by atoms with Crippen LogP contribution in [0.15, 0.2) is 24.3 Å². The van der Waals surface area contributed by atoms with E-state index < -0.39 is 0 Å². The van der Waals surface area contributed by atoms with E-state index in [0.29, 0.717) is 6.04 Å². The molecular weight excluding hydrogens is 212 g/mol. The average molecular weight is 232 g/mol. The van der Waals surface area contributed by atoms with Gasteiger partial charge >= 0.3 is 0 Å². The minimum absolute atomic E-state index is 0.304. The molecule has 3 N–H and O–H groups in total. The lowest BCUT2D eigenvalue weighted by Gasteiger charge is -2.13. The quantitative estimate of drug-likeness (QED) is 0.610. The molecule has 4 heteroatoms. The van der Waals surface area contributed by atoms with Crippen LogP contribution in [0.5, 0.6) is 0 Å². The average Bonchev–Trinajstić information content (AvgIpc) is 2.66. The van der Waals surface area contributed by atoms with Gasteiger partial charge in [-0.15, -0.1) is 0 Å². The number of hydrogen-bond acceptors (Lipinski definition) is 3. The van der Waals surface area contributed by atoms with Crippen LogP contribution in [0.3, 0.4) is 0 Å². The number of aromatic nitrogens is 2. The van der Waals surface area contributed by atoms with Crippen molar-refractivity contribution in [2.75, 3.05) is 0 Å². The lowest BCUT2D eigenvalue weighted by Crippen LogP contribution is -2.36. The van der Waals surface area contributed by atoms with Crippen molar-refractivity contribution in [2.45, 2.75) is 32.2 Å². The number of para-hydroxylation sites is 1. The molecule has 17 heavy (non-hydrogen) atoms. The second kappa shape index (κ2) is 5.29. The zero-order valence-electron chi connectivity index (χ0n) is 10.5. The summed E-state index contributed by atoms with van der Waals surface area (Å²) >= 11 is 0. The molecule has 2 rings (SSSR count). The Morgan fingerprint density at radius 2 is 2.18 bits per heavy atom. The number of rotatable bonds is 5. The molecular formula is C13H20N4. The highest BCUT2D eigenvalue weighted by Gasteiger charge is 2.13. The van der Waals surface area contributed by atoms with Gasteiger partial charge in [-0.3, -0.25) is 16.0 Å². The molecule has 0 fully saturated rings. The predicted octanol–water partition coefficient (Wildman–Crippen LogP) is 1.75. The summed E-state index contributed by atoms with van der Waals surface area (Å²) in [5.74, 6) is 5.57. The fourth-order valence-corrected chi connectivity index (χ4v) is 2.27. The van der Waals surface area contributed by atoms with Crippen LogP contribution in [0, 0.1) is 0 Å². The Morgan fingerprint density at radius 3 is 2.88 bits per heavy atom. The van der Waals surface area contributed by atoms with Crippen molar-refractivity contribution in [3.8, 4) is 0 Å². The van der Waals surface area contributed by atoms with Crippen molar-refractivity contribution in [1.29, 1.82) is 0 Å². The topological polar surface area (TPSA) is 55.9 Å². The van der Waals surface area contributed by atoms with E-state index in [9.17, 15) is 0 Å². The van der Waals surface area contributed by atoms with Gasteiger partial charge in [0.2, 0.25) is 0 Å². The molecule has 0 saturated carbocycles. The standard InChI is InChI=1S/C13H20N4/c1-3-6-10(15-14)9-12-11-7-4-5-8-13(11)17(2)16-12/h4-5,7-8,10,15H,3,6,9,14H2,1-2H3. The van der Waals surface area contributed by atoms with E-state index in [1.165, 1.54) is 10.9 Å². The summed E-state index contributed by atoms with van der Waals surface area (Å²) in [6.45, 7) is 2.17. The minimum Gasteiger partial charge on any atom is -0.271 e. The first-order valence-electron chi connectivity index (χ1n) is 6.13. The zero-order valence-corrected chi connectivity index (χ0v) is 10.5. The number of hydrazine groups is 1. The lowest BCUT2D eigenvalue weighted by atomic mass is 10.0. The molecule has 0 bridgehead atoms. The summed E-state index contributed by atoms with van der Waals surface area (Å²) in [4.78, 5) is 0. The van der Waals surface area contributed by atoms with E-state index in [-0.39, 0.29) is 0 Å². The van der Waals surface area contributed by atoms with Crippen LogP contribution < -0.4 is 11.3 Å².